The maximum atomic E-state index is 11.6. The maximum absolute atomic E-state index is 11.6. The number of fused-ring (bicyclic) bond motifs is 1. The van der Waals surface area contributed by atoms with Gasteiger partial charge in [-0.2, -0.15) is 5.26 Å². The van der Waals surface area contributed by atoms with Gasteiger partial charge in [0, 0.05) is 24.7 Å². The fraction of sp³-hybridized carbons (Fsp3) is 0.118. The third kappa shape index (κ3) is 2.38. The van der Waals surface area contributed by atoms with Crippen LogP contribution in [0.25, 0.3) is 22.0 Å². The van der Waals surface area contributed by atoms with E-state index in [4.69, 9.17) is 10.5 Å². The number of hydrogen-bond acceptors (Lipinski definition) is 5. The van der Waals surface area contributed by atoms with E-state index >= 15 is 0 Å². The lowest BCUT2D eigenvalue weighted by Gasteiger charge is -2.12. The van der Waals surface area contributed by atoms with E-state index in [1.165, 1.54) is 10.6 Å². The van der Waals surface area contributed by atoms with E-state index < -0.39 is 0 Å². The number of nitrogen functional groups attached to an aromatic ring is 1. The molecule has 0 atom stereocenters. The molecule has 0 bridgehead atoms. The molecule has 114 valence electrons. The molecule has 23 heavy (non-hydrogen) atoms. The summed E-state index contributed by atoms with van der Waals surface area (Å²) in [5.74, 6) is 0.737. The van der Waals surface area contributed by atoms with Crippen molar-refractivity contribution in [3.8, 4) is 22.9 Å². The molecule has 2 aromatic heterocycles. The lowest BCUT2D eigenvalue weighted by Crippen LogP contribution is -2.14. The number of methoxy groups -OCH3 is 1. The van der Waals surface area contributed by atoms with Crippen LogP contribution in [0.4, 0.5) is 5.82 Å². The molecule has 1 aromatic carbocycles. The number of nitrogens with zero attached hydrogens (tertiary/aromatic N) is 3. The molecule has 0 fully saturated rings. The smallest absolute Gasteiger partial charge is 0.250 e. The van der Waals surface area contributed by atoms with Gasteiger partial charge in [-0.1, -0.05) is 0 Å². The van der Waals surface area contributed by atoms with E-state index in [1.54, 1.807) is 38.6 Å². The molecule has 3 aromatic rings. The third-order valence-electron chi connectivity index (χ3n) is 3.71. The number of ether oxygens (including phenoxy) is 1. The second kappa shape index (κ2) is 5.46. The largest absolute Gasteiger partial charge is 0.494 e. The number of nitriles is 1. The van der Waals surface area contributed by atoms with E-state index in [1.807, 2.05) is 12.1 Å². The minimum Gasteiger partial charge on any atom is -0.494 e. The van der Waals surface area contributed by atoms with Crippen molar-refractivity contribution in [2.24, 2.45) is 7.05 Å². The number of anilines is 1. The zero-order chi connectivity index (χ0) is 16.6. The molecule has 0 saturated carbocycles. The van der Waals surface area contributed by atoms with Crippen LogP contribution in [0.2, 0.25) is 0 Å². The van der Waals surface area contributed by atoms with Gasteiger partial charge < -0.3 is 15.0 Å². The zero-order valence-electron chi connectivity index (χ0n) is 12.7. The van der Waals surface area contributed by atoms with Crippen molar-refractivity contribution in [1.29, 1.82) is 5.26 Å². The summed E-state index contributed by atoms with van der Waals surface area (Å²) in [5, 5.41) is 9.94. The number of aryl methyl sites for hydroxylation is 1. The number of pyridine rings is 2. The molecule has 0 aliphatic heterocycles. The van der Waals surface area contributed by atoms with Crippen molar-refractivity contribution in [3.63, 3.8) is 0 Å². The maximum Gasteiger partial charge on any atom is 0.250 e. The molecule has 0 unspecified atom stereocenters. The highest BCUT2D eigenvalue weighted by Gasteiger charge is 2.13. The third-order valence-corrected chi connectivity index (χ3v) is 3.71. The summed E-state index contributed by atoms with van der Waals surface area (Å²) in [7, 11) is 3.24. The molecular weight excluding hydrogens is 292 g/mol. The minimum absolute atomic E-state index is 0.0911. The molecule has 0 saturated heterocycles. The Bertz CT molecular complexity index is 1020. The topological polar surface area (TPSA) is 93.9 Å². The van der Waals surface area contributed by atoms with Gasteiger partial charge in [0.25, 0.3) is 0 Å². The molecular formula is C17H14N4O2. The Balaban J connectivity index is 2.39. The second-order valence-electron chi connectivity index (χ2n) is 5.11. The summed E-state index contributed by atoms with van der Waals surface area (Å²) in [4.78, 5) is 15.9. The minimum atomic E-state index is -0.0911. The van der Waals surface area contributed by atoms with Crippen molar-refractivity contribution in [1.82, 2.24) is 9.55 Å². The normalized spacial score (nSPS) is 10.5. The van der Waals surface area contributed by atoms with E-state index in [0.717, 1.165) is 16.5 Å². The van der Waals surface area contributed by atoms with Gasteiger partial charge in [-0.3, -0.25) is 4.79 Å². The van der Waals surface area contributed by atoms with Crippen LogP contribution >= 0.6 is 0 Å². The van der Waals surface area contributed by atoms with Crippen LogP contribution in [0.3, 0.4) is 0 Å². The van der Waals surface area contributed by atoms with Gasteiger partial charge in [-0.15, -0.1) is 0 Å². The summed E-state index contributed by atoms with van der Waals surface area (Å²) in [6.45, 7) is 0. The standard InChI is InChI=1S/C17H14N4O2/c1-21-9-10(3-6-15(21)22)12-4-5-14(23-2)16-13(12)7-11(8-18)17(19)20-16/h3-7,9H,1-2H3,(H2,19,20). The van der Waals surface area contributed by atoms with E-state index in [2.05, 4.69) is 4.98 Å². The molecule has 0 amide bonds. The first-order valence-corrected chi connectivity index (χ1v) is 6.89. The van der Waals surface area contributed by atoms with Crippen LogP contribution < -0.4 is 16.0 Å². The molecule has 0 aliphatic carbocycles. The average Bonchev–Trinajstić information content (AvgIpc) is 2.55. The van der Waals surface area contributed by atoms with Crippen molar-refractivity contribution < 1.29 is 4.74 Å². The lowest BCUT2D eigenvalue weighted by molar-refractivity contribution is 0.419. The Kier molecular flexibility index (Phi) is 3.47. The van der Waals surface area contributed by atoms with Crippen LogP contribution in [-0.2, 0) is 7.05 Å². The zero-order valence-corrected chi connectivity index (χ0v) is 12.7. The number of nitrogens with two attached hydrogens (primary N) is 1. The van der Waals surface area contributed by atoms with Gasteiger partial charge >= 0.3 is 0 Å². The van der Waals surface area contributed by atoms with Gasteiger partial charge in [0.1, 0.15) is 23.2 Å². The Hall–Kier alpha value is -3.33. The first kappa shape index (κ1) is 14.6. The highest BCUT2D eigenvalue weighted by atomic mass is 16.5. The summed E-state index contributed by atoms with van der Waals surface area (Å²) in [6.07, 6.45) is 1.74. The molecule has 6 nitrogen and oxygen atoms in total. The second-order valence-corrected chi connectivity index (χ2v) is 5.11. The molecule has 6 heteroatoms. The van der Waals surface area contributed by atoms with Crippen molar-refractivity contribution in [2.45, 2.75) is 0 Å². The number of benzene rings is 1. The number of rotatable bonds is 2. The molecule has 0 spiro atoms. The van der Waals surface area contributed by atoms with E-state index in [0.29, 0.717) is 16.8 Å². The monoisotopic (exact) mass is 306 g/mol. The summed E-state index contributed by atoms with van der Waals surface area (Å²) >= 11 is 0. The van der Waals surface area contributed by atoms with Gasteiger partial charge in [-0.25, -0.2) is 4.98 Å². The van der Waals surface area contributed by atoms with Crippen molar-refractivity contribution >= 4 is 16.7 Å². The Morgan fingerprint density at radius 2 is 2.09 bits per heavy atom. The quantitative estimate of drug-likeness (QED) is 0.782. The predicted octanol–water partition coefficient (Wildman–Crippen LogP) is 2.06. The van der Waals surface area contributed by atoms with Crippen LogP contribution in [0.5, 0.6) is 5.75 Å². The summed E-state index contributed by atoms with van der Waals surface area (Å²) < 4.78 is 6.83. The average molecular weight is 306 g/mol. The van der Waals surface area contributed by atoms with Crippen LogP contribution in [0.15, 0.2) is 41.3 Å². The molecule has 0 aliphatic rings. The van der Waals surface area contributed by atoms with E-state index in [-0.39, 0.29) is 11.4 Å². The Morgan fingerprint density at radius 3 is 2.74 bits per heavy atom. The Labute approximate surface area is 132 Å². The van der Waals surface area contributed by atoms with Gasteiger partial charge in [0.15, 0.2) is 0 Å². The first-order chi connectivity index (χ1) is 11.0. The lowest BCUT2D eigenvalue weighted by atomic mass is 10.00. The first-order valence-electron chi connectivity index (χ1n) is 6.89. The number of aromatic nitrogens is 2. The molecule has 3 rings (SSSR count). The number of hydrogen-bond donors (Lipinski definition) is 1. The van der Waals surface area contributed by atoms with Gasteiger partial charge in [0.2, 0.25) is 5.56 Å². The fourth-order valence-electron chi connectivity index (χ4n) is 2.51. The highest BCUT2D eigenvalue weighted by molar-refractivity contribution is 5.99. The van der Waals surface area contributed by atoms with Crippen molar-refractivity contribution in [3.05, 3.63) is 52.4 Å². The van der Waals surface area contributed by atoms with Crippen LogP contribution in [0.1, 0.15) is 5.56 Å². The summed E-state index contributed by atoms with van der Waals surface area (Å²) in [5.41, 5.74) is 8.30. The van der Waals surface area contributed by atoms with Gasteiger partial charge in [0.05, 0.1) is 12.7 Å². The van der Waals surface area contributed by atoms with Crippen LogP contribution in [0, 0.1) is 11.3 Å². The molecule has 0 radical (unpaired) electrons. The molecule has 2 heterocycles. The molecule has 2 N–H and O–H groups in total. The summed E-state index contributed by atoms with van der Waals surface area (Å²) in [6, 6.07) is 10.6. The highest BCUT2D eigenvalue weighted by Crippen LogP contribution is 2.34. The SMILES string of the molecule is COc1ccc(-c2ccc(=O)n(C)c2)c2cc(C#N)c(N)nc12. The fourth-order valence-corrected chi connectivity index (χ4v) is 2.51. The van der Waals surface area contributed by atoms with E-state index in [9.17, 15) is 10.1 Å². The Morgan fingerprint density at radius 1 is 1.30 bits per heavy atom. The van der Waals surface area contributed by atoms with Gasteiger partial charge in [-0.05, 0) is 35.4 Å². The predicted molar refractivity (Wildman–Crippen MR) is 88.1 cm³/mol. The van der Waals surface area contributed by atoms with Crippen molar-refractivity contribution in [2.75, 3.05) is 12.8 Å². The van der Waals surface area contributed by atoms with Crippen LogP contribution in [-0.4, -0.2) is 16.7 Å².